The van der Waals surface area contributed by atoms with Crippen molar-refractivity contribution in [3.8, 4) is 0 Å². The van der Waals surface area contributed by atoms with Crippen LogP contribution in [0.4, 0.5) is 4.39 Å². The molecule has 1 atom stereocenters. The molecule has 2 aromatic rings. The summed E-state index contributed by atoms with van der Waals surface area (Å²) in [7, 11) is 0. The summed E-state index contributed by atoms with van der Waals surface area (Å²) in [6, 6.07) is 7.45. The second-order valence-corrected chi connectivity index (χ2v) is 7.51. The Kier molecular flexibility index (Phi) is 5.17. The first-order chi connectivity index (χ1) is 8.61. The van der Waals surface area contributed by atoms with Gasteiger partial charge in [-0.05, 0) is 79.8 Å². The topological polar surface area (TPSA) is 12.0 Å². The first kappa shape index (κ1) is 14.4. The molecule has 1 aromatic heterocycles. The van der Waals surface area contributed by atoms with Gasteiger partial charge in [0.05, 0.1) is 13.4 Å². The molecular formula is C13H12BrFINS. The highest BCUT2D eigenvalue weighted by molar-refractivity contribution is 14.1. The summed E-state index contributed by atoms with van der Waals surface area (Å²) in [5, 5.41) is 5.58. The third kappa shape index (κ3) is 3.31. The number of benzene rings is 1. The zero-order valence-corrected chi connectivity index (χ0v) is 14.3. The van der Waals surface area contributed by atoms with Crippen LogP contribution in [0, 0.1) is 8.70 Å². The van der Waals surface area contributed by atoms with Crippen molar-refractivity contribution >= 4 is 49.9 Å². The molecule has 18 heavy (non-hydrogen) atoms. The van der Waals surface area contributed by atoms with Crippen molar-refractivity contribution in [1.29, 1.82) is 0 Å². The zero-order chi connectivity index (χ0) is 13.1. The molecule has 2 rings (SSSR count). The number of nitrogens with one attached hydrogen (secondary N) is 1. The molecule has 0 radical (unpaired) electrons. The van der Waals surface area contributed by atoms with Crippen LogP contribution in [-0.4, -0.2) is 6.54 Å². The van der Waals surface area contributed by atoms with E-state index in [4.69, 9.17) is 0 Å². The van der Waals surface area contributed by atoms with E-state index in [0.29, 0.717) is 4.47 Å². The molecule has 0 aliphatic heterocycles. The Balaban J connectivity index is 2.37. The van der Waals surface area contributed by atoms with E-state index in [2.05, 4.69) is 62.2 Å². The molecule has 1 nitrogen and oxygen atoms in total. The smallest absolute Gasteiger partial charge is 0.137 e. The van der Waals surface area contributed by atoms with Gasteiger partial charge in [-0.1, -0.05) is 13.0 Å². The third-order valence-electron chi connectivity index (χ3n) is 2.61. The molecule has 0 bridgehead atoms. The van der Waals surface area contributed by atoms with E-state index in [9.17, 15) is 4.39 Å². The molecule has 5 heteroatoms. The molecule has 0 spiro atoms. The lowest BCUT2D eigenvalue weighted by atomic mass is 10.0. The Bertz CT molecular complexity index is 544. The van der Waals surface area contributed by atoms with E-state index < -0.39 is 0 Å². The SMILES string of the molecule is CCNC(c1csc(I)c1)c1ccc(F)c(Br)c1. The lowest BCUT2D eigenvalue weighted by Crippen LogP contribution is -2.21. The molecule has 0 saturated heterocycles. The standard InChI is InChI=1S/C13H12BrFINS/c1-2-17-13(9-6-12(16)18-7-9)8-3-4-11(15)10(14)5-8/h3-7,13,17H,2H2,1H3. The fraction of sp³-hybridized carbons (Fsp3) is 0.231. The van der Waals surface area contributed by atoms with Gasteiger partial charge < -0.3 is 5.32 Å². The quantitative estimate of drug-likeness (QED) is 0.664. The van der Waals surface area contributed by atoms with Crippen LogP contribution in [0.5, 0.6) is 0 Å². The predicted octanol–water partition coefficient (Wildman–Crippen LogP) is 4.95. The minimum absolute atomic E-state index is 0.117. The first-order valence-corrected chi connectivity index (χ1v) is 8.29. The molecule has 0 aliphatic rings. The van der Waals surface area contributed by atoms with Gasteiger partial charge in [0.25, 0.3) is 0 Å². The number of rotatable bonds is 4. The van der Waals surface area contributed by atoms with E-state index in [1.54, 1.807) is 11.3 Å². The summed E-state index contributed by atoms with van der Waals surface area (Å²) in [5.41, 5.74) is 2.30. The van der Waals surface area contributed by atoms with Crippen LogP contribution in [0.3, 0.4) is 0 Å². The van der Waals surface area contributed by atoms with E-state index in [-0.39, 0.29) is 11.9 Å². The number of hydrogen-bond acceptors (Lipinski definition) is 2. The summed E-state index contributed by atoms with van der Waals surface area (Å²) >= 11 is 7.28. The predicted molar refractivity (Wildman–Crippen MR) is 86.7 cm³/mol. The monoisotopic (exact) mass is 439 g/mol. The van der Waals surface area contributed by atoms with Gasteiger partial charge in [-0.3, -0.25) is 0 Å². The molecule has 0 fully saturated rings. The molecular weight excluding hydrogens is 428 g/mol. The highest BCUT2D eigenvalue weighted by atomic mass is 127. The number of thiophene rings is 1. The largest absolute Gasteiger partial charge is 0.307 e. The van der Waals surface area contributed by atoms with Crippen LogP contribution in [0.15, 0.2) is 34.1 Å². The lowest BCUT2D eigenvalue weighted by Gasteiger charge is -2.17. The van der Waals surface area contributed by atoms with Gasteiger partial charge in [0.1, 0.15) is 5.82 Å². The average Bonchev–Trinajstić information content (AvgIpc) is 2.76. The van der Waals surface area contributed by atoms with Crippen molar-refractivity contribution < 1.29 is 4.39 Å². The molecule has 0 saturated carbocycles. The molecule has 1 aromatic carbocycles. The van der Waals surface area contributed by atoms with Crippen molar-refractivity contribution in [2.24, 2.45) is 0 Å². The molecule has 0 amide bonds. The number of halogens is 3. The lowest BCUT2D eigenvalue weighted by molar-refractivity contribution is 0.609. The van der Waals surface area contributed by atoms with Crippen LogP contribution in [0.25, 0.3) is 0 Å². The molecule has 96 valence electrons. The average molecular weight is 440 g/mol. The Morgan fingerprint density at radius 1 is 1.39 bits per heavy atom. The van der Waals surface area contributed by atoms with Gasteiger partial charge in [-0.15, -0.1) is 11.3 Å². The van der Waals surface area contributed by atoms with Crippen molar-refractivity contribution in [1.82, 2.24) is 5.32 Å². The van der Waals surface area contributed by atoms with Crippen molar-refractivity contribution in [3.05, 3.63) is 53.9 Å². The summed E-state index contributed by atoms with van der Waals surface area (Å²) in [4.78, 5) is 0. The highest BCUT2D eigenvalue weighted by Crippen LogP contribution is 2.29. The van der Waals surface area contributed by atoms with E-state index >= 15 is 0 Å². The Hall–Kier alpha value is 0.0200. The van der Waals surface area contributed by atoms with Crippen molar-refractivity contribution in [3.63, 3.8) is 0 Å². The minimum atomic E-state index is -0.228. The van der Waals surface area contributed by atoms with Crippen LogP contribution in [0.1, 0.15) is 24.1 Å². The molecule has 1 heterocycles. The Labute approximate surface area is 132 Å². The van der Waals surface area contributed by atoms with Crippen molar-refractivity contribution in [2.75, 3.05) is 6.54 Å². The second-order valence-electron chi connectivity index (χ2n) is 3.85. The maximum atomic E-state index is 13.3. The Morgan fingerprint density at radius 3 is 2.72 bits per heavy atom. The fourth-order valence-corrected chi connectivity index (χ4v) is 3.59. The molecule has 1 N–H and O–H groups in total. The fourth-order valence-electron chi connectivity index (χ4n) is 1.80. The zero-order valence-electron chi connectivity index (χ0n) is 9.71. The highest BCUT2D eigenvalue weighted by Gasteiger charge is 2.15. The van der Waals surface area contributed by atoms with Crippen LogP contribution >= 0.6 is 49.9 Å². The minimum Gasteiger partial charge on any atom is -0.307 e. The van der Waals surface area contributed by atoms with Crippen LogP contribution < -0.4 is 5.32 Å². The van der Waals surface area contributed by atoms with E-state index in [1.807, 2.05) is 12.1 Å². The third-order valence-corrected chi connectivity index (χ3v) is 5.02. The van der Waals surface area contributed by atoms with E-state index in [1.165, 1.54) is 14.5 Å². The van der Waals surface area contributed by atoms with Crippen molar-refractivity contribution in [2.45, 2.75) is 13.0 Å². The summed E-state index contributed by atoms with van der Waals surface area (Å²) in [6.07, 6.45) is 0. The van der Waals surface area contributed by atoms with Gasteiger partial charge in [0.15, 0.2) is 0 Å². The second kappa shape index (κ2) is 6.45. The van der Waals surface area contributed by atoms with Gasteiger partial charge in [0.2, 0.25) is 0 Å². The van der Waals surface area contributed by atoms with Gasteiger partial charge >= 0.3 is 0 Å². The molecule has 1 unspecified atom stereocenters. The van der Waals surface area contributed by atoms with Gasteiger partial charge in [0, 0.05) is 0 Å². The number of hydrogen-bond donors (Lipinski definition) is 1. The summed E-state index contributed by atoms with van der Waals surface area (Å²) in [6.45, 7) is 2.94. The maximum Gasteiger partial charge on any atom is 0.137 e. The summed E-state index contributed by atoms with van der Waals surface area (Å²) < 4.78 is 15.1. The normalized spacial score (nSPS) is 12.7. The summed E-state index contributed by atoms with van der Waals surface area (Å²) in [5.74, 6) is -0.228. The van der Waals surface area contributed by atoms with Crippen LogP contribution in [-0.2, 0) is 0 Å². The van der Waals surface area contributed by atoms with Crippen LogP contribution in [0.2, 0.25) is 0 Å². The molecule has 0 aliphatic carbocycles. The van der Waals surface area contributed by atoms with Gasteiger partial charge in [-0.25, -0.2) is 4.39 Å². The Morgan fingerprint density at radius 2 is 2.17 bits per heavy atom. The maximum absolute atomic E-state index is 13.3. The first-order valence-electron chi connectivity index (χ1n) is 5.54. The van der Waals surface area contributed by atoms with E-state index in [0.717, 1.165) is 12.1 Å². The van der Waals surface area contributed by atoms with Gasteiger partial charge in [-0.2, -0.15) is 0 Å².